The van der Waals surface area contributed by atoms with Gasteiger partial charge in [0.1, 0.15) is 13.2 Å². The highest BCUT2D eigenvalue weighted by Crippen LogP contribution is 2.40. The Morgan fingerprint density at radius 1 is 1.22 bits per heavy atom. The second-order valence-corrected chi connectivity index (χ2v) is 8.41. The van der Waals surface area contributed by atoms with Crippen LogP contribution in [0.1, 0.15) is 30.0 Å². The topological polar surface area (TPSA) is 117 Å². The van der Waals surface area contributed by atoms with Gasteiger partial charge >= 0.3 is 24.0 Å². The zero-order valence-corrected chi connectivity index (χ0v) is 18.8. The highest BCUT2D eigenvalue weighted by Gasteiger charge is 2.50. The summed E-state index contributed by atoms with van der Waals surface area (Å²) < 4.78 is 49.4. The molecule has 4 heterocycles. The van der Waals surface area contributed by atoms with E-state index >= 15 is 0 Å². The van der Waals surface area contributed by atoms with E-state index in [0.29, 0.717) is 16.9 Å². The molecule has 9 nitrogen and oxygen atoms in total. The molecule has 0 saturated carbocycles. The van der Waals surface area contributed by atoms with E-state index in [1.165, 1.54) is 22.9 Å². The average molecular weight is 501 g/mol. The lowest BCUT2D eigenvalue weighted by molar-refractivity contribution is -0.190. The molecule has 36 heavy (non-hydrogen) atoms. The number of esters is 2. The molecule has 1 N–H and O–H groups in total. The molecule has 0 fully saturated rings. The van der Waals surface area contributed by atoms with E-state index in [-0.39, 0.29) is 30.7 Å². The normalized spacial score (nSPS) is 18.2. The number of carbonyl (C=O) groups is 3. The SMILES string of the molecule is CCC1(OC(=O)CNC(=O)C(F)(F)F)C(=O)OCc2c1cc1n(c2=O)Cc2cc3ccccc3nc2-1. The fourth-order valence-corrected chi connectivity index (χ4v) is 4.57. The first-order valence-electron chi connectivity index (χ1n) is 11.0. The van der Waals surface area contributed by atoms with Gasteiger partial charge in [-0.15, -0.1) is 0 Å². The van der Waals surface area contributed by atoms with Crippen molar-refractivity contribution in [3.8, 4) is 11.4 Å². The lowest BCUT2D eigenvalue weighted by Crippen LogP contribution is -2.49. The summed E-state index contributed by atoms with van der Waals surface area (Å²) in [6.07, 6.45) is -5.36. The van der Waals surface area contributed by atoms with Gasteiger partial charge in [0.2, 0.25) is 5.60 Å². The summed E-state index contributed by atoms with van der Waals surface area (Å²) in [5.74, 6) is -4.60. The summed E-state index contributed by atoms with van der Waals surface area (Å²) in [7, 11) is 0. The van der Waals surface area contributed by atoms with E-state index in [9.17, 15) is 32.3 Å². The predicted octanol–water partition coefficient (Wildman–Crippen LogP) is 2.31. The molecule has 1 atom stereocenters. The molecule has 186 valence electrons. The van der Waals surface area contributed by atoms with Crippen molar-refractivity contribution in [3.63, 3.8) is 0 Å². The summed E-state index contributed by atoms with van der Waals surface area (Å²) in [5, 5.41) is 2.30. The van der Waals surface area contributed by atoms with Crippen molar-refractivity contribution in [2.45, 2.75) is 38.3 Å². The minimum absolute atomic E-state index is 0.0795. The molecule has 3 aromatic rings. The molecular weight excluding hydrogens is 483 g/mol. The maximum atomic E-state index is 13.4. The van der Waals surface area contributed by atoms with E-state index in [0.717, 1.165) is 10.9 Å². The predicted molar refractivity (Wildman–Crippen MR) is 117 cm³/mol. The second kappa shape index (κ2) is 8.18. The summed E-state index contributed by atoms with van der Waals surface area (Å²) in [6, 6.07) is 10.9. The third-order valence-corrected chi connectivity index (χ3v) is 6.32. The monoisotopic (exact) mass is 501 g/mol. The molecule has 2 aliphatic rings. The van der Waals surface area contributed by atoms with Crippen LogP contribution < -0.4 is 10.9 Å². The van der Waals surface area contributed by atoms with Crippen molar-refractivity contribution in [2.75, 3.05) is 6.54 Å². The van der Waals surface area contributed by atoms with Crippen LogP contribution in [0, 0.1) is 0 Å². The first-order chi connectivity index (χ1) is 17.0. The number of amides is 1. The van der Waals surface area contributed by atoms with Crippen molar-refractivity contribution in [3.05, 3.63) is 63.4 Å². The molecule has 2 aromatic heterocycles. The Morgan fingerprint density at radius 3 is 2.69 bits per heavy atom. The largest absolute Gasteiger partial charge is 0.471 e. The minimum Gasteiger partial charge on any atom is -0.457 e. The molecule has 0 saturated heterocycles. The molecule has 0 bridgehead atoms. The highest BCUT2D eigenvalue weighted by molar-refractivity contribution is 5.90. The Hall–Kier alpha value is -4.22. The Balaban J connectivity index is 1.57. The molecule has 1 amide bonds. The molecule has 12 heteroatoms. The molecule has 1 unspecified atom stereocenters. The third-order valence-electron chi connectivity index (χ3n) is 6.32. The zero-order valence-electron chi connectivity index (χ0n) is 18.8. The number of cyclic esters (lactones) is 1. The highest BCUT2D eigenvalue weighted by atomic mass is 19.4. The van der Waals surface area contributed by atoms with E-state index in [1.54, 1.807) is 0 Å². The van der Waals surface area contributed by atoms with Gasteiger partial charge in [-0.05, 0) is 24.6 Å². The van der Waals surface area contributed by atoms with Gasteiger partial charge in [-0.1, -0.05) is 25.1 Å². The quantitative estimate of drug-likeness (QED) is 0.427. The van der Waals surface area contributed by atoms with Crippen LogP contribution in [0.25, 0.3) is 22.3 Å². The van der Waals surface area contributed by atoms with Crippen LogP contribution in [-0.2, 0) is 42.6 Å². The Morgan fingerprint density at radius 2 is 1.97 bits per heavy atom. The number of hydrogen-bond acceptors (Lipinski definition) is 7. The van der Waals surface area contributed by atoms with E-state index in [2.05, 4.69) is 4.98 Å². The second-order valence-electron chi connectivity index (χ2n) is 8.41. The average Bonchev–Trinajstić information content (AvgIpc) is 3.20. The van der Waals surface area contributed by atoms with Gasteiger partial charge in [0, 0.05) is 16.5 Å². The van der Waals surface area contributed by atoms with Gasteiger partial charge in [0.05, 0.1) is 29.0 Å². The first kappa shape index (κ1) is 23.5. The van der Waals surface area contributed by atoms with Gasteiger partial charge < -0.3 is 19.4 Å². The van der Waals surface area contributed by atoms with Gasteiger partial charge in [0.25, 0.3) is 5.56 Å². The Kier molecular flexibility index (Phi) is 5.34. The number of para-hydroxylation sites is 1. The molecule has 5 rings (SSSR count). The number of hydrogen-bond donors (Lipinski definition) is 1. The number of rotatable bonds is 4. The van der Waals surface area contributed by atoms with E-state index in [1.807, 2.05) is 30.3 Å². The van der Waals surface area contributed by atoms with Crippen LogP contribution in [0.15, 0.2) is 41.2 Å². The number of nitrogens with one attached hydrogen (secondary N) is 1. The number of alkyl halides is 3. The molecular formula is C24H18F3N3O6. The van der Waals surface area contributed by atoms with Crippen molar-refractivity contribution >= 4 is 28.7 Å². The fourth-order valence-electron chi connectivity index (χ4n) is 4.57. The third kappa shape index (κ3) is 3.60. The number of fused-ring (bicyclic) bond motifs is 5. The van der Waals surface area contributed by atoms with Crippen LogP contribution in [-0.4, -0.2) is 40.1 Å². The van der Waals surface area contributed by atoms with Crippen LogP contribution in [0.3, 0.4) is 0 Å². The standard InChI is InChI=1S/C24H18F3N3O6/c1-2-23(36-18(31)9-28-21(33)24(25,26)27)15-8-17-19-13(7-12-5-3-4-6-16(12)29-19)10-30(17)20(32)14(15)11-35-22(23)34/h3-8H,2,9-11H2,1H3,(H,28,33). The Bertz CT molecular complexity index is 1510. The number of ether oxygens (including phenoxy) is 2. The summed E-state index contributed by atoms with van der Waals surface area (Å²) in [5.41, 5.74) is 0.0471. The Labute approximate surface area is 200 Å². The molecule has 0 radical (unpaired) electrons. The number of halogens is 3. The number of aromatic nitrogens is 2. The maximum absolute atomic E-state index is 13.4. The maximum Gasteiger partial charge on any atom is 0.471 e. The molecule has 0 spiro atoms. The lowest BCUT2D eigenvalue weighted by atomic mass is 9.85. The lowest BCUT2D eigenvalue weighted by Gasteiger charge is -2.35. The van der Waals surface area contributed by atoms with Gasteiger partial charge in [-0.25, -0.2) is 9.78 Å². The van der Waals surface area contributed by atoms with Gasteiger partial charge in [-0.2, -0.15) is 13.2 Å². The van der Waals surface area contributed by atoms with Crippen molar-refractivity contribution in [2.24, 2.45) is 0 Å². The van der Waals surface area contributed by atoms with Crippen LogP contribution in [0.5, 0.6) is 0 Å². The van der Waals surface area contributed by atoms with E-state index in [4.69, 9.17) is 9.47 Å². The molecule has 2 aliphatic heterocycles. The van der Waals surface area contributed by atoms with Crippen LogP contribution in [0.4, 0.5) is 13.2 Å². The van der Waals surface area contributed by atoms with Crippen LogP contribution in [0.2, 0.25) is 0 Å². The van der Waals surface area contributed by atoms with E-state index < -0.39 is 41.7 Å². The fraction of sp³-hybridized carbons (Fsp3) is 0.292. The van der Waals surface area contributed by atoms with Gasteiger partial charge in [0.15, 0.2) is 0 Å². The zero-order chi connectivity index (χ0) is 25.8. The summed E-state index contributed by atoms with van der Waals surface area (Å²) in [6.45, 7) is 0.250. The van der Waals surface area contributed by atoms with Crippen molar-refractivity contribution < 1.29 is 37.0 Å². The summed E-state index contributed by atoms with van der Waals surface area (Å²) >= 11 is 0. The smallest absolute Gasteiger partial charge is 0.457 e. The summed E-state index contributed by atoms with van der Waals surface area (Å²) in [4.78, 5) is 54.5. The van der Waals surface area contributed by atoms with Crippen molar-refractivity contribution in [1.82, 2.24) is 14.9 Å². The number of carbonyl (C=O) groups excluding carboxylic acids is 3. The number of pyridine rings is 2. The van der Waals surface area contributed by atoms with Gasteiger partial charge in [-0.3, -0.25) is 14.4 Å². The number of benzene rings is 1. The molecule has 0 aliphatic carbocycles. The molecule has 1 aromatic carbocycles. The first-order valence-corrected chi connectivity index (χ1v) is 11.0. The van der Waals surface area contributed by atoms with Crippen molar-refractivity contribution in [1.29, 1.82) is 0 Å². The van der Waals surface area contributed by atoms with Crippen LogP contribution >= 0.6 is 0 Å². The number of nitrogens with zero attached hydrogens (tertiary/aromatic N) is 2. The minimum atomic E-state index is -5.20.